The van der Waals surface area contributed by atoms with Crippen LogP contribution >= 0.6 is 11.3 Å². The molecule has 2 heterocycles. The van der Waals surface area contributed by atoms with Crippen LogP contribution in [0.5, 0.6) is 0 Å². The maximum atomic E-state index is 11.7. The van der Waals surface area contributed by atoms with E-state index in [1.807, 2.05) is 39.0 Å². The average molecular weight is 880 g/mol. The van der Waals surface area contributed by atoms with E-state index in [2.05, 4.69) is 97.0 Å². The molecule has 1 aliphatic rings. The summed E-state index contributed by atoms with van der Waals surface area (Å²) in [5, 5.41) is 13.3. The largest absolute Gasteiger partial charge is 0.512 e. The molecule has 4 nitrogen and oxygen atoms in total. The zero-order valence-corrected chi connectivity index (χ0v) is 35.6. The van der Waals surface area contributed by atoms with Gasteiger partial charge < -0.3 is 5.11 Å². The third-order valence-corrected chi connectivity index (χ3v) is 11.6. The van der Waals surface area contributed by atoms with Gasteiger partial charge in [0.2, 0.25) is 0 Å². The molecular formula is C45H55IrN2O2S-. The minimum absolute atomic E-state index is 0. The Balaban J connectivity index is 0.000000312. The van der Waals surface area contributed by atoms with Crippen LogP contribution in [0.3, 0.4) is 0 Å². The van der Waals surface area contributed by atoms with Crippen molar-refractivity contribution >= 4 is 38.1 Å². The molecule has 3 aromatic carbocycles. The predicted octanol–water partition coefficient (Wildman–Crippen LogP) is 12.7. The summed E-state index contributed by atoms with van der Waals surface area (Å²) >= 11 is 1.82. The topological polar surface area (TPSA) is 63.1 Å². The zero-order chi connectivity index (χ0) is 36.5. The van der Waals surface area contributed by atoms with Gasteiger partial charge in [0.15, 0.2) is 5.78 Å². The summed E-state index contributed by atoms with van der Waals surface area (Å²) in [5.41, 5.74) is 10.3. The number of allylic oxidation sites excluding steroid dienone is 2. The van der Waals surface area contributed by atoms with Gasteiger partial charge in [-0.2, -0.15) is 0 Å². The molecule has 1 N–H and O–H groups in total. The van der Waals surface area contributed by atoms with Crippen LogP contribution in [0.4, 0.5) is 0 Å². The van der Waals surface area contributed by atoms with E-state index in [9.17, 15) is 9.90 Å². The van der Waals surface area contributed by atoms with E-state index in [0.29, 0.717) is 0 Å². The number of carbonyl (C=O) groups is 1. The van der Waals surface area contributed by atoms with Gasteiger partial charge in [-0.25, -0.2) is 4.98 Å². The summed E-state index contributed by atoms with van der Waals surface area (Å²) in [6.45, 7) is 24.2. The zero-order valence-electron chi connectivity index (χ0n) is 32.4. The first-order valence-electron chi connectivity index (χ1n) is 18.4. The van der Waals surface area contributed by atoms with Crippen LogP contribution in [0.25, 0.3) is 42.7 Å². The number of hydrogen-bond acceptors (Lipinski definition) is 5. The van der Waals surface area contributed by atoms with Gasteiger partial charge in [-0.1, -0.05) is 109 Å². The predicted molar refractivity (Wildman–Crippen MR) is 213 cm³/mol. The molecule has 273 valence electrons. The number of fused-ring (bicyclic) bond motifs is 3. The Kier molecular flexibility index (Phi) is 12.9. The van der Waals surface area contributed by atoms with Crippen molar-refractivity contribution in [3.63, 3.8) is 0 Å². The van der Waals surface area contributed by atoms with Crippen molar-refractivity contribution in [2.45, 2.75) is 114 Å². The molecule has 0 unspecified atom stereocenters. The van der Waals surface area contributed by atoms with Crippen LogP contribution in [0, 0.1) is 37.2 Å². The quantitative estimate of drug-likeness (QED) is 0.0910. The normalized spacial score (nSPS) is 13.6. The van der Waals surface area contributed by atoms with Gasteiger partial charge in [-0.3, -0.25) is 9.78 Å². The smallest absolute Gasteiger partial charge is 0.162 e. The number of aryl methyl sites for hydroxylation is 2. The van der Waals surface area contributed by atoms with Gasteiger partial charge in [-0.05, 0) is 84.6 Å². The SMILES string of the molecule is CCC(CC)C(=O)/C=C(\O)C(CC)CC.Cc1cc(CC(C)(C)C)cc(C)c1-c1sc2ncnc3c2c1C(C)(C)c1cc2ccccc2[c-]c1-3.[Ir]. The molecule has 0 amide bonds. The summed E-state index contributed by atoms with van der Waals surface area (Å²) in [7, 11) is 0. The van der Waals surface area contributed by atoms with Gasteiger partial charge in [0.1, 0.15) is 11.2 Å². The summed E-state index contributed by atoms with van der Waals surface area (Å²) < 4.78 is 0. The molecule has 6 rings (SSSR count). The Morgan fingerprint density at radius 3 is 2.14 bits per heavy atom. The number of nitrogens with zero attached hydrogens (tertiary/aromatic N) is 2. The first kappa shape index (κ1) is 40.6. The molecule has 2 aromatic heterocycles. The molecule has 0 fully saturated rings. The molecule has 51 heavy (non-hydrogen) atoms. The molecule has 0 aliphatic heterocycles. The summed E-state index contributed by atoms with van der Waals surface area (Å²) in [6, 6.07) is 19.4. The Bertz CT molecular complexity index is 2040. The average Bonchev–Trinajstić information content (AvgIpc) is 3.44. The van der Waals surface area contributed by atoms with Gasteiger partial charge >= 0.3 is 0 Å². The second kappa shape index (κ2) is 16.2. The maximum Gasteiger partial charge on any atom is 0.162 e. The Morgan fingerprint density at radius 1 is 0.941 bits per heavy atom. The van der Waals surface area contributed by atoms with E-state index in [1.54, 1.807) is 6.33 Å². The van der Waals surface area contributed by atoms with Crippen LogP contribution in [-0.4, -0.2) is 20.9 Å². The summed E-state index contributed by atoms with van der Waals surface area (Å²) in [6.07, 6.45) is 7.70. The maximum absolute atomic E-state index is 11.7. The van der Waals surface area contributed by atoms with Crippen molar-refractivity contribution in [2.75, 3.05) is 0 Å². The molecule has 0 saturated heterocycles. The van der Waals surface area contributed by atoms with E-state index < -0.39 is 0 Å². The fourth-order valence-electron chi connectivity index (χ4n) is 7.78. The summed E-state index contributed by atoms with van der Waals surface area (Å²) in [5.74, 6) is 0.547. The van der Waals surface area contributed by atoms with Gasteiger partial charge in [-0.15, -0.1) is 34.9 Å². The molecule has 0 atom stereocenters. The number of aliphatic hydroxyl groups is 1. The minimum Gasteiger partial charge on any atom is -0.512 e. The molecule has 0 spiro atoms. The van der Waals surface area contributed by atoms with E-state index >= 15 is 0 Å². The number of ketones is 1. The van der Waals surface area contributed by atoms with Crippen molar-refractivity contribution in [2.24, 2.45) is 17.3 Å². The molecule has 1 aliphatic carbocycles. The number of hydrogen-bond donors (Lipinski definition) is 1. The monoisotopic (exact) mass is 880 g/mol. The van der Waals surface area contributed by atoms with E-state index in [1.165, 1.54) is 55.1 Å². The number of carbonyl (C=O) groups excluding carboxylic acids is 1. The van der Waals surface area contributed by atoms with Crippen LogP contribution in [-0.2, 0) is 36.7 Å². The van der Waals surface area contributed by atoms with Crippen LogP contribution < -0.4 is 0 Å². The molecule has 0 bridgehead atoms. The van der Waals surface area contributed by atoms with Gasteiger partial charge in [0, 0.05) is 54.0 Å². The fourth-order valence-corrected chi connectivity index (χ4v) is 9.26. The van der Waals surface area contributed by atoms with Crippen LogP contribution in [0.15, 0.2) is 60.6 Å². The molecule has 0 saturated carbocycles. The summed E-state index contributed by atoms with van der Waals surface area (Å²) in [4.78, 5) is 23.7. The van der Waals surface area contributed by atoms with Crippen molar-refractivity contribution in [3.05, 3.63) is 94.5 Å². The third kappa shape index (κ3) is 8.24. The first-order chi connectivity index (χ1) is 23.6. The fraction of sp³-hybridized carbons (Fsp3) is 0.444. The van der Waals surface area contributed by atoms with E-state index in [0.717, 1.165) is 53.6 Å². The third-order valence-electron chi connectivity index (χ3n) is 10.4. The second-order valence-electron chi connectivity index (χ2n) is 15.8. The van der Waals surface area contributed by atoms with Crippen molar-refractivity contribution in [1.82, 2.24) is 9.97 Å². The Hall–Kier alpha value is -3.18. The number of rotatable bonds is 9. The molecule has 6 heteroatoms. The van der Waals surface area contributed by atoms with Crippen LogP contribution in [0.1, 0.15) is 116 Å². The van der Waals surface area contributed by atoms with E-state index in [-0.39, 0.29) is 54.3 Å². The number of aliphatic hydroxyl groups excluding tert-OH is 1. The standard InChI is InChI=1S/C32H31N2S.C13H24O2.Ir/c1-18-12-20(16-31(3,4)5)13-19(2)25(18)29-27-26-28(33-17-34-30(26)35-29)23-14-21-10-8-9-11-22(21)15-24(23)32(27,6)7;1-5-10(6-2)12(14)9-13(15)11(7-3)8-4;/h8-13,15,17H,16H2,1-7H3;9-11,14H,5-8H2,1-4H3;/q-1;;/b;12-9-;. The number of thiophene rings is 1. The molecule has 5 aromatic rings. The van der Waals surface area contributed by atoms with Crippen molar-refractivity contribution < 1.29 is 30.0 Å². The molecule has 1 radical (unpaired) electrons. The van der Waals surface area contributed by atoms with Gasteiger partial charge in [0.05, 0.1) is 5.76 Å². The second-order valence-corrected chi connectivity index (χ2v) is 16.8. The first-order valence-corrected chi connectivity index (χ1v) is 19.2. The molecular weight excluding hydrogens is 825 g/mol. The van der Waals surface area contributed by atoms with Crippen molar-refractivity contribution in [3.8, 4) is 21.7 Å². The number of benzene rings is 3. The van der Waals surface area contributed by atoms with Crippen LogP contribution in [0.2, 0.25) is 0 Å². The Labute approximate surface area is 323 Å². The van der Waals surface area contributed by atoms with Crippen molar-refractivity contribution in [1.29, 1.82) is 0 Å². The van der Waals surface area contributed by atoms with E-state index in [4.69, 9.17) is 9.97 Å². The Morgan fingerprint density at radius 2 is 1.55 bits per heavy atom. The minimum atomic E-state index is -0.190. The number of aromatic nitrogens is 2. The van der Waals surface area contributed by atoms with Gasteiger partial charge in [0.25, 0.3) is 0 Å².